The number of hydrogen-bond donors (Lipinski definition) is 1. The zero-order valence-corrected chi connectivity index (χ0v) is 9.12. The summed E-state index contributed by atoms with van der Waals surface area (Å²) in [7, 11) is 0. The first kappa shape index (κ1) is 11.3. The minimum Gasteiger partial charge on any atom is -0.435 e. The zero-order chi connectivity index (χ0) is 11.8. The topological polar surface area (TPSA) is 35.2 Å². The van der Waals surface area contributed by atoms with Crippen LogP contribution >= 0.6 is 0 Å². The van der Waals surface area contributed by atoms with Crippen LogP contribution in [0.15, 0.2) is 24.3 Å². The molecular weight excluding hydrogens is 212 g/mol. The van der Waals surface area contributed by atoms with E-state index in [1.807, 2.05) is 0 Å². The molecule has 1 aliphatic carbocycles. The van der Waals surface area contributed by atoms with Crippen LogP contribution in [0.2, 0.25) is 0 Å². The van der Waals surface area contributed by atoms with Gasteiger partial charge in [-0.05, 0) is 30.0 Å². The average Bonchev–Trinajstić information content (AvgIpc) is 2.91. The number of halogens is 2. The van der Waals surface area contributed by atoms with E-state index in [0.29, 0.717) is 5.92 Å². The third kappa shape index (κ3) is 2.02. The summed E-state index contributed by atoms with van der Waals surface area (Å²) < 4.78 is 28.2. The van der Waals surface area contributed by atoms with Crippen LogP contribution in [0.4, 0.5) is 8.78 Å². The van der Waals surface area contributed by atoms with E-state index in [4.69, 9.17) is 5.73 Å². The molecule has 1 aliphatic rings. The predicted molar refractivity (Wildman–Crippen MR) is 57.3 cm³/mol. The minimum atomic E-state index is -2.78. The molecule has 0 amide bonds. The molecule has 2 nitrogen and oxygen atoms in total. The van der Waals surface area contributed by atoms with E-state index in [1.165, 1.54) is 0 Å². The third-order valence-corrected chi connectivity index (χ3v) is 3.26. The molecule has 0 radical (unpaired) electrons. The van der Waals surface area contributed by atoms with Gasteiger partial charge in [-0.2, -0.15) is 8.78 Å². The number of hydrogen-bond acceptors (Lipinski definition) is 2. The zero-order valence-electron chi connectivity index (χ0n) is 9.12. The standard InChI is InChI=1S/C12H15F2NO/c1-2-8-7-12(8,15)9-3-5-10(6-4-9)16-11(13)14/h3-6,8,11H,2,7,15H2,1H3. The van der Waals surface area contributed by atoms with Crippen molar-refractivity contribution in [2.75, 3.05) is 0 Å². The molecule has 1 aromatic rings. The van der Waals surface area contributed by atoms with E-state index >= 15 is 0 Å². The van der Waals surface area contributed by atoms with Crippen LogP contribution in [0, 0.1) is 5.92 Å². The lowest BCUT2D eigenvalue weighted by Gasteiger charge is -2.12. The van der Waals surface area contributed by atoms with Gasteiger partial charge in [0, 0.05) is 5.54 Å². The second-order valence-corrected chi connectivity index (χ2v) is 4.25. The van der Waals surface area contributed by atoms with Gasteiger partial charge in [-0.1, -0.05) is 25.5 Å². The maximum atomic E-state index is 11.9. The molecule has 0 aromatic heterocycles. The quantitative estimate of drug-likeness (QED) is 0.858. The molecule has 1 fully saturated rings. The predicted octanol–water partition coefficient (Wildman–Crippen LogP) is 2.87. The van der Waals surface area contributed by atoms with Gasteiger partial charge in [0.05, 0.1) is 0 Å². The van der Waals surface area contributed by atoms with Crippen molar-refractivity contribution in [3.63, 3.8) is 0 Å². The fourth-order valence-corrected chi connectivity index (χ4v) is 2.16. The van der Waals surface area contributed by atoms with Crippen LogP contribution in [0.1, 0.15) is 25.3 Å². The summed E-state index contributed by atoms with van der Waals surface area (Å²) in [6.07, 6.45) is 2.02. The summed E-state index contributed by atoms with van der Waals surface area (Å²) in [6, 6.07) is 6.63. The van der Waals surface area contributed by atoms with Crippen molar-refractivity contribution < 1.29 is 13.5 Å². The molecule has 1 saturated carbocycles. The Morgan fingerprint density at radius 2 is 2.06 bits per heavy atom. The van der Waals surface area contributed by atoms with Gasteiger partial charge in [-0.25, -0.2) is 0 Å². The first-order chi connectivity index (χ1) is 7.56. The maximum absolute atomic E-state index is 11.9. The lowest BCUT2D eigenvalue weighted by Crippen LogP contribution is -2.21. The maximum Gasteiger partial charge on any atom is 0.387 e. The van der Waals surface area contributed by atoms with Gasteiger partial charge in [0.25, 0.3) is 0 Å². The van der Waals surface area contributed by atoms with Gasteiger partial charge in [0.2, 0.25) is 0 Å². The Bertz CT molecular complexity index is 366. The van der Waals surface area contributed by atoms with Crippen molar-refractivity contribution in [2.24, 2.45) is 11.7 Å². The van der Waals surface area contributed by atoms with Crippen LogP contribution in [-0.4, -0.2) is 6.61 Å². The van der Waals surface area contributed by atoms with E-state index in [1.54, 1.807) is 24.3 Å². The van der Waals surface area contributed by atoms with E-state index in [9.17, 15) is 8.78 Å². The Morgan fingerprint density at radius 1 is 1.44 bits per heavy atom. The lowest BCUT2D eigenvalue weighted by molar-refractivity contribution is -0.0498. The Hall–Kier alpha value is -1.16. The molecule has 2 unspecified atom stereocenters. The van der Waals surface area contributed by atoms with Crippen molar-refractivity contribution in [3.05, 3.63) is 29.8 Å². The van der Waals surface area contributed by atoms with Gasteiger partial charge in [-0.15, -0.1) is 0 Å². The average molecular weight is 227 g/mol. The smallest absolute Gasteiger partial charge is 0.387 e. The van der Waals surface area contributed by atoms with Gasteiger partial charge >= 0.3 is 6.61 Å². The highest BCUT2D eigenvalue weighted by Gasteiger charge is 2.50. The Labute approximate surface area is 93.4 Å². The summed E-state index contributed by atoms with van der Waals surface area (Å²) in [5.74, 6) is 0.686. The highest BCUT2D eigenvalue weighted by atomic mass is 19.3. The summed E-state index contributed by atoms with van der Waals surface area (Å²) in [4.78, 5) is 0. The SMILES string of the molecule is CCC1CC1(N)c1ccc(OC(F)F)cc1. The van der Waals surface area contributed by atoms with Gasteiger partial charge in [0.15, 0.2) is 0 Å². The van der Waals surface area contributed by atoms with Crippen molar-refractivity contribution >= 4 is 0 Å². The van der Waals surface area contributed by atoms with Gasteiger partial charge < -0.3 is 10.5 Å². The van der Waals surface area contributed by atoms with E-state index in [0.717, 1.165) is 18.4 Å². The summed E-state index contributed by atoms with van der Waals surface area (Å²) in [5, 5.41) is 0. The van der Waals surface area contributed by atoms with Crippen LogP contribution in [0.5, 0.6) is 5.75 Å². The van der Waals surface area contributed by atoms with Crippen LogP contribution < -0.4 is 10.5 Å². The minimum absolute atomic E-state index is 0.177. The normalized spacial score (nSPS) is 28.2. The third-order valence-electron chi connectivity index (χ3n) is 3.26. The highest BCUT2D eigenvalue weighted by Crippen LogP contribution is 2.51. The summed E-state index contributed by atoms with van der Waals surface area (Å²) in [6.45, 7) is -0.671. The van der Waals surface area contributed by atoms with E-state index in [2.05, 4.69) is 11.7 Å². The monoisotopic (exact) mass is 227 g/mol. The van der Waals surface area contributed by atoms with Gasteiger partial charge in [0.1, 0.15) is 5.75 Å². The molecule has 0 bridgehead atoms. The fraction of sp³-hybridized carbons (Fsp3) is 0.500. The molecule has 0 spiro atoms. The first-order valence-corrected chi connectivity index (χ1v) is 5.40. The molecule has 0 aliphatic heterocycles. The molecular formula is C12H15F2NO. The molecule has 4 heteroatoms. The Balaban J connectivity index is 2.09. The molecule has 0 saturated heterocycles. The van der Waals surface area contributed by atoms with E-state index in [-0.39, 0.29) is 11.3 Å². The summed E-state index contributed by atoms with van der Waals surface area (Å²) in [5.41, 5.74) is 6.93. The molecule has 0 heterocycles. The molecule has 2 atom stereocenters. The second kappa shape index (κ2) is 4.01. The van der Waals surface area contributed by atoms with Crippen LogP contribution in [0.25, 0.3) is 0 Å². The summed E-state index contributed by atoms with van der Waals surface area (Å²) >= 11 is 0. The first-order valence-electron chi connectivity index (χ1n) is 5.40. The number of rotatable bonds is 4. The van der Waals surface area contributed by atoms with Crippen molar-refractivity contribution in [2.45, 2.75) is 31.9 Å². The number of alkyl halides is 2. The molecule has 88 valence electrons. The van der Waals surface area contributed by atoms with E-state index < -0.39 is 6.61 Å². The van der Waals surface area contributed by atoms with Crippen molar-refractivity contribution in [3.8, 4) is 5.75 Å². The van der Waals surface area contributed by atoms with Crippen LogP contribution in [0.3, 0.4) is 0 Å². The second-order valence-electron chi connectivity index (χ2n) is 4.25. The fourth-order valence-electron chi connectivity index (χ4n) is 2.16. The number of nitrogens with two attached hydrogens (primary N) is 1. The van der Waals surface area contributed by atoms with Crippen molar-refractivity contribution in [1.29, 1.82) is 0 Å². The van der Waals surface area contributed by atoms with Crippen molar-refractivity contribution in [1.82, 2.24) is 0 Å². The lowest BCUT2D eigenvalue weighted by atomic mass is 10.0. The molecule has 2 N–H and O–H groups in total. The number of ether oxygens (including phenoxy) is 1. The number of benzene rings is 1. The molecule has 1 aromatic carbocycles. The highest BCUT2D eigenvalue weighted by molar-refractivity contribution is 5.36. The van der Waals surface area contributed by atoms with Gasteiger partial charge in [-0.3, -0.25) is 0 Å². The Kier molecular flexibility index (Phi) is 2.84. The molecule has 16 heavy (non-hydrogen) atoms. The van der Waals surface area contributed by atoms with Crippen LogP contribution in [-0.2, 0) is 5.54 Å². The largest absolute Gasteiger partial charge is 0.435 e. The Morgan fingerprint density at radius 3 is 2.50 bits per heavy atom. The molecule has 2 rings (SSSR count).